The Morgan fingerprint density at radius 1 is 1.00 bits per heavy atom. The lowest BCUT2D eigenvalue weighted by Gasteiger charge is -2.18. The molecule has 9 nitrogen and oxygen atoms in total. The minimum Gasteiger partial charge on any atom is -0.497 e. The van der Waals surface area contributed by atoms with Gasteiger partial charge in [0, 0.05) is 23.9 Å². The second-order valence-corrected chi connectivity index (χ2v) is 7.93. The standard InChI is InChI=1S/C25H32N4O5/c1-17(18-9-11-19(32-2)12-10-18)28-25-20-14-23(22(33-3)15-21(20)26-16-27-25)34-13-7-5-4-6-8-24(30)29-31/h9-12,14-17,31H,4-8,13H2,1-3H3,(H,29,30)(H,26,27,28)/t17-/m1/s1. The van der Waals surface area contributed by atoms with E-state index in [1.807, 2.05) is 36.4 Å². The van der Waals surface area contributed by atoms with Gasteiger partial charge < -0.3 is 19.5 Å². The smallest absolute Gasteiger partial charge is 0.243 e. The maximum Gasteiger partial charge on any atom is 0.243 e. The third-order valence-corrected chi connectivity index (χ3v) is 5.57. The molecule has 0 bridgehead atoms. The van der Waals surface area contributed by atoms with Gasteiger partial charge in [0.25, 0.3) is 0 Å². The van der Waals surface area contributed by atoms with Gasteiger partial charge in [-0.15, -0.1) is 0 Å². The first-order valence-corrected chi connectivity index (χ1v) is 11.3. The normalized spacial score (nSPS) is 11.6. The number of anilines is 1. The number of hydroxylamine groups is 1. The van der Waals surface area contributed by atoms with Crippen molar-refractivity contribution in [3.05, 3.63) is 48.3 Å². The number of aromatic nitrogens is 2. The first-order chi connectivity index (χ1) is 16.5. The number of methoxy groups -OCH3 is 2. The van der Waals surface area contributed by atoms with Crippen molar-refractivity contribution in [2.75, 3.05) is 26.1 Å². The van der Waals surface area contributed by atoms with Gasteiger partial charge in [0.15, 0.2) is 11.5 Å². The molecule has 3 N–H and O–H groups in total. The second-order valence-electron chi connectivity index (χ2n) is 7.93. The van der Waals surface area contributed by atoms with Gasteiger partial charge in [0.1, 0.15) is 17.9 Å². The van der Waals surface area contributed by atoms with Crippen LogP contribution in [0.5, 0.6) is 17.2 Å². The van der Waals surface area contributed by atoms with Gasteiger partial charge >= 0.3 is 0 Å². The number of nitrogens with zero attached hydrogens (tertiary/aromatic N) is 2. The van der Waals surface area contributed by atoms with Crippen molar-refractivity contribution < 1.29 is 24.2 Å². The van der Waals surface area contributed by atoms with Crippen molar-refractivity contribution in [1.29, 1.82) is 0 Å². The molecule has 2 aromatic carbocycles. The fraction of sp³-hybridized carbons (Fsp3) is 0.400. The van der Waals surface area contributed by atoms with Gasteiger partial charge in [-0.3, -0.25) is 10.0 Å². The van der Waals surface area contributed by atoms with E-state index < -0.39 is 0 Å². The fourth-order valence-corrected chi connectivity index (χ4v) is 3.61. The summed E-state index contributed by atoms with van der Waals surface area (Å²) in [6.45, 7) is 2.59. The average Bonchev–Trinajstić information content (AvgIpc) is 2.87. The number of hydrogen-bond donors (Lipinski definition) is 3. The number of fused-ring (bicyclic) bond motifs is 1. The van der Waals surface area contributed by atoms with Crippen molar-refractivity contribution in [1.82, 2.24) is 15.4 Å². The molecule has 1 aromatic heterocycles. The fourth-order valence-electron chi connectivity index (χ4n) is 3.61. The van der Waals surface area contributed by atoms with Crippen LogP contribution in [0.25, 0.3) is 10.9 Å². The molecule has 3 aromatic rings. The summed E-state index contributed by atoms with van der Waals surface area (Å²) in [5.41, 5.74) is 3.51. The lowest BCUT2D eigenvalue weighted by atomic mass is 10.1. The molecule has 0 saturated heterocycles. The summed E-state index contributed by atoms with van der Waals surface area (Å²) in [4.78, 5) is 19.9. The molecule has 9 heteroatoms. The lowest BCUT2D eigenvalue weighted by molar-refractivity contribution is -0.129. The Morgan fingerprint density at radius 2 is 1.76 bits per heavy atom. The molecule has 0 fully saturated rings. The maximum absolute atomic E-state index is 11.0. The molecule has 0 aliphatic carbocycles. The highest BCUT2D eigenvalue weighted by Gasteiger charge is 2.14. The quantitative estimate of drug-likeness (QED) is 0.189. The van der Waals surface area contributed by atoms with E-state index in [1.54, 1.807) is 19.7 Å². The largest absolute Gasteiger partial charge is 0.497 e. The first-order valence-electron chi connectivity index (χ1n) is 11.3. The molecule has 0 radical (unpaired) electrons. The molecule has 0 aliphatic rings. The molecule has 0 aliphatic heterocycles. The number of carbonyl (C=O) groups excluding carboxylic acids is 1. The van der Waals surface area contributed by atoms with Gasteiger partial charge in [-0.1, -0.05) is 25.0 Å². The monoisotopic (exact) mass is 468 g/mol. The Bertz CT molecular complexity index is 1070. The highest BCUT2D eigenvalue weighted by Crippen LogP contribution is 2.35. The van der Waals surface area contributed by atoms with E-state index >= 15 is 0 Å². The van der Waals surface area contributed by atoms with E-state index in [-0.39, 0.29) is 11.9 Å². The Hall–Kier alpha value is -3.59. The molecule has 0 unspecified atom stereocenters. The van der Waals surface area contributed by atoms with E-state index in [1.165, 1.54) is 6.33 Å². The van der Waals surface area contributed by atoms with Crippen LogP contribution >= 0.6 is 0 Å². The topological polar surface area (TPSA) is 115 Å². The summed E-state index contributed by atoms with van der Waals surface area (Å²) < 4.78 is 16.8. The summed E-state index contributed by atoms with van der Waals surface area (Å²) in [6.07, 6.45) is 5.22. The number of unbranched alkanes of at least 4 members (excludes halogenated alkanes) is 3. The van der Waals surface area contributed by atoms with Gasteiger partial charge in [0.05, 0.1) is 26.3 Å². The number of ether oxygens (including phenoxy) is 3. The predicted molar refractivity (Wildman–Crippen MR) is 130 cm³/mol. The van der Waals surface area contributed by atoms with E-state index in [4.69, 9.17) is 19.4 Å². The minimum atomic E-state index is -0.356. The summed E-state index contributed by atoms with van der Waals surface area (Å²) in [5, 5.41) is 12.8. The van der Waals surface area contributed by atoms with Gasteiger partial charge in [-0.25, -0.2) is 15.4 Å². The predicted octanol–water partition coefficient (Wildman–Crippen LogP) is 4.65. The molecular formula is C25H32N4O5. The average molecular weight is 469 g/mol. The Balaban J connectivity index is 1.67. The molecule has 0 spiro atoms. The molecule has 3 rings (SSSR count). The van der Waals surface area contributed by atoms with Crippen LogP contribution in [0.1, 0.15) is 50.6 Å². The van der Waals surface area contributed by atoms with E-state index in [0.717, 1.165) is 47.9 Å². The van der Waals surface area contributed by atoms with Crippen molar-refractivity contribution >= 4 is 22.6 Å². The molecule has 1 atom stereocenters. The first kappa shape index (κ1) is 25.0. The summed E-state index contributed by atoms with van der Waals surface area (Å²) in [6, 6.07) is 11.7. The number of hydrogen-bond acceptors (Lipinski definition) is 8. The van der Waals surface area contributed by atoms with Crippen LogP contribution in [0.2, 0.25) is 0 Å². The zero-order valence-corrected chi connectivity index (χ0v) is 19.8. The molecule has 34 heavy (non-hydrogen) atoms. The zero-order valence-electron chi connectivity index (χ0n) is 19.8. The Kier molecular flexibility index (Phi) is 9.28. The Morgan fingerprint density at radius 3 is 2.47 bits per heavy atom. The van der Waals surface area contributed by atoms with Crippen molar-refractivity contribution in [3.63, 3.8) is 0 Å². The van der Waals surface area contributed by atoms with Gasteiger partial charge in [-0.2, -0.15) is 0 Å². The number of nitrogens with one attached hydrogen (secondary N) is 2. The van der Waals surface area contributed by atoms with Gasteiger partial charge in [0.2, 0.25) is 5.91 Å². The van der Waals surface area contributed by atoms with Crippen molar-refractivity contribution in [2.45, 2.75) is 45.1 Å². The van der Waals surface area contributed by atoms with Crippen LogP contribution in [0.3, 0.4) is 0 Å². The van der Waals surface area contributed by atoms with E-state index in [2.05, 4.69) is 22.2 Å². The van der Waals surface area contributed by atoms with Crippen LogP contribution in [-0.4, -0.2) is 41.9 Å². The number of benzene rings is 2. The molecule has 0 saturated carbocycles. The number of amides is 1. The minimum absolute atomic E-state index is 0.0170. The van der Waals surface area contributed by atoms with Crippen molar-refractivity contribution in [2.24, 2.45) is 0 Å². The van der Waals surface area contributed by atoms with E-state index in [0.29, 0.717) is 30.3 Å². The van der Waals surface area contributed by atoms with Gasteiger partial charge in [-0.05, 0) is 43.5 Å². The van der Waals surface area contributed by atoms with Crippen LogP contribution in [0.4, 0.5) is 5.82 Å². The lowest BCUT2D eigenvalue weighted by Crippen LogP contribution is -2.17. The molecular weight excluding hydrogens is 436 g/mol. The zero-order chi connectivity index (χ0) is 24.3. The van der Waals surface area contributed by atoms with Crippen molar-refractivity contribution in [3.8, 4) is 17.2 Å². The summed E-state index contributed by atoms with van der Waals surface area (Å²) in [7, 11) is 3.25. The molecule has 182 valence electrons. The molecule has 1 heterocycles. The highest BCUT2D eigenvalue weighted by molar-refractivity contribution is 5.91. The molecule has 1 amide bonds. The number of carbonyl (C=O) groups is 1. The van der Waals surface area contributed by atoms with Crippen LogP contribution < -0.4 is 25.0 Å². The third kappa shape index (κ3) is 6.71. The highest BCUT2D eigenvalue weighted by atomic mass is 16.5. The van der Waals surface area contributed by atoms with E-state index in [9.17, 15) is 4.79 Å². The third-order valence-electron chi connectivity index (χ3n) is 5.57. The van der Waals surface area contributed by atoms with Crippen LogP contribution in [0, 0.1) is 0 Å². The van der Waals surface area contributed by atoms with Crippen LogP contribution in [0.15, 0.2) is 42.7 Å². The Labute approximate surface area is 199 Å². The maximum atomic E-state index is 11.0. The second kappa shape index (κ2) is 12.6. The summed E-state index contributed by atoms with van der Waals surface area (Å²) >= 11 is 0. The summed E-state index contributed by atoms with van der Waals surface area (Å²) in [5.74, 6) is 2.41. The van der Waals surface area contributed by atoms with Crippen LogP contribution in [-0.2, 0) is 4.79 Å². The SMILES string of the molecule is COc1ccc([C@@H](C)Nc2ncnc3cc(OC)c(OCCCCCCC(=O)NO)cc23)cc1. The number of rotatable bonds is 13.